The van der Waals surface area contributed by atoms with Crippen molar-refractivity contribution in [1.82, 2.24) is 0 Å². The SMILES string of the molecule is CCOCC(=O)Nc1ccccc1CSC. The van der Waals surface area contributed by atoms with E-state index in [1.807, 2.05) is 37.4 Å². The van der Waals surface area contributed by atoms with Crippen LogP contribution in [0.2, 0.25) is 0 Å². The molecule has 0 saturated heterocycles. The van der Waals surface area contributed by atoms with Crippen molar-refractivity contribution in [3.05, 3.63) is 29.8 Å². The molecule has 0 unspecified atom stereocenters. The van der Waals surface area contributed by atoms with E-state index in [2.05, 4.69) is 5.32 Å². The van der Waals surface area contributed by atoms with E-state index < -0.39 is 0 Å². The Morgan fingerprint density at radius 2 is 2.19 bits per heavy atom. The molecule has 1 N–H and O–H groups in total. The Morgan fingerprint density at radius 3 is 2.88 bits per heavy atom. The maximum atomic E-state index is 11.5. The Morgan fingerprint density at radius 1 is 1.44 bits per heavy atom. The minimum Gasteiger partial charge on any atom is -0.372 e. The number of hydrogen-bond donors (Lipinski definition) is 1. The molecule has 4 heteroatoms. The molecule has 1 aromatic carbocycles. The van der Waals surface area contributed by atoms with Crippen molar-refractivity contribution in [2.24, 2.45) is 0 Å². The number of nitrogens with one attached hydrogen (secondary N) is 1. The van der Waals surface area contributed by atoms with Gasteiger partial charge >= 0.3 is 0 Å². The fourth-order valence-electron chi connectivity index (χ4n) is 1.30. The minimum absolute atomic E-state index is 0.101. The van der Waals surface area contributed by atoms with Gasteiger partial charge in [-0.3, -0.25) is 4.79 Å². The first-order chi connectivity index (χ1) is 7.77. The highest BCUT2D eigenvalue weighted by Crippen LogP contribution is 2.19. The summed E-state index contributed by atoms with van der Waals surface area (Å²) >= 11 is 1.73. The lowest BCUT2D eigenvalue weighted by Gasteiger charge is -2.09. The van der Waals surface area contributed by atoms with Crippen molar-refractivity contribution in [3.63, 3.8) is 0 Å². The average molecular weight is 239 g/mol. The topological polar surface area (TPSA) is 38.3 Å². The summed E-state index contributed by atoms with van der Waals surface area (Å²) in [5.41, 5.74) is 2.02. The van der Waals surface area contributed by atoms with Crippen LogP contribution in [-0.2, 0) is 15.3 Å². The normalized spacial score (nSPS) is 10.1. The van der Waals surface area contributed by atoms with Crippen LogP contribution in [-0.4, -0.2) is 25.4 Å². The lowest BCUT2D eigenvalue weighted by atomic mass is 10.2. The molecule has 0 bridgehead atoms. The number of carbonyl (C=O) groups excluding carboxylic acids is 1. The number of rotatable bonds is 6. The lowest BCUT2D eigenvalue weighted by molar-refractivity contribution is -0.120. The van der Waals surface area contributed by atoms with E-state index in [4.69, 9.17) is 4.74 Å². The van der Waals surface area contributed by atoms with Gasteiger partial charge in [-0.05, 0) is 24.8 Å². The number of thioether (sulfide) groups is 1. The van der Waals surface area contributed by atoms with Crippen LogP contribution >= 0.6 is 11.8 Å². The van der Waals surface area contributed by atoms with Crippen LogP contribution in [0.3, 0.4) is 0 Å². The molecular weight excluding hydrogens is 222 g/mol. The number of hydrogen-bond acceptors (Lipinski definition) is 3. The van der Waals surface area contributed by atoms with Gasteiger partial charge in [-0.25, -0.2) is 0 Å². The predicted molar refractivity (Wildman–Crippen MR) is 68.8 cm³/mol. The van der Waals surface area contributed by atoms with Crippen molar-refractivity contribution < 1.29 is 9.53 Å². The van der Waals surface area contributed by atoms with Crippen LogP contribution in [0.5, 0.6) is 0 Å². The summed E-state index contributed by atoms with van der Waals surface area (Å²) in [6.45, 7) is 2.54. The number of para-hydroxylation sites is 1. The molecule has 0 saturated carbocycles. The van der Waals surface area contributed by atoms with Crippen molar-refractivity contribution in [2.45, 2.75) is 12.7 Å². The molecule has 0 spiro atoms. The zero-order valence-corrected chi connectivity index (χ0v) is 10.5. The molecule has 0 aliphatic heterocycles. The molecule has 0 aliphatic carbocycles. The predicted octanol–water partition coefficient (Wildman–Crippen LogP) is 2.52. The van der Waals surface area contributed by atoms with Gasteiger partial charge in [-0.1, -0.05) is 18.2 Å². The molecule has 0 fully saturated rings. The second-order valence-corrected chi connectivity index (χ2v) is 4.14. The Balaban J connectivity index is 2.61. The first kappa shape index (κ1) is 13.1. The van der Waals surface area contributed by atoms with Gasteiger partial charge in [0.2, 0.25) is 5.91 Å². The summed E-state index contributed by atoms with van der Waals surface area (Å²) < 4.78 is 5.05. The van der Waals surface area contributed by atoms with E-state index in [9.17, 15) is 4.79 Å². The van der Waals surface area contributed by atoms with Gasteiger partial charge < -0.3 is 10.1 Å². The quantitative estimate of drug-likeness (QED) is 0.829. The first-order valence-corrected chi connectivity index (χ1v) is 6.61. The second-order valence-electron chi connectivity index (χ2n) is 3.28. The van der Waals surface area contributed by atoms with Gasteiger partial charge in [0.25, 0.3) is 0 Å². The van der Waals surface area contributed by atoms with Gasteiger partial charge in [0.15, 0.2) is 0 Å². The average Bonchev–Trinajstić information content (AvgIpc) is 2.29. The van der Waals surface area contributed by atoms with Crippen LogP contribution in [0.25, 0.3) is 0 Å². The van der Waals surface area contributed by atoms with Crippen LogP contribution in [0.4, 0.5) is 5.69 Å². The molecule has 88 valence electrons. The molecule has 16 heavy (non-hydrogen) atoms. The summed E-state index contributed by atoms with van der Waals surface area (Å²) in [6, 6.07) is 7.83. The third kappa shape index (κ3) is 4.24. The summed E-state index contributed by atoms with van der Waals surface area (Å²) in [7, 11) is 0. The summed E-state index contributed by atoms with van der Waals surface area (Å²) in [4.78, 5) is 11.5. The van der Waals surface area contributed by atoms with Crippen molar-refractivity contribution in [1.29, 1.82) is 0 Å². The molecule has 1 aromatic rings. The van der Waals surface area contributed by atoms with Gasteiger partial charge in [-0.15, -0.1) is 0 Å². The molecule has 1 rings (SSSR count). The number of carbonyl (C=O) groups is 1. The summed E-state index contributed by atoms with van der Waals surface area (Å²) in [6.07, 6.45) is 2.04. The molecule has 0 heterocycles. The van der Waals surface area contributed by atoms with Crippen LogP contribution in [0.15, 0.2) is 24.3 Å². The molecule has 0 aromatic heterocycles. The van der Waals surface area contributed by atoms with Gasteiger partial charge in [0.1, 0.15) is 6.61 Å². The van der Waals surface area contributed by atoms with Gasteiger partial charge in [-0.2, -0.15) is 11.8 Å². The smallest absolute Gasteiger partial charge is 0.250 e. The van der Waals surface area contributed by atoms with E-state index in [1.54, 1.807) is 11.8 Å². The van der Waals surface area contributed by atoms with E-state index in [-0.39, 0.29) is 12.5 Å². The van der Waals surface area contributed by atoms with E-state index in [0.717, 1.165) is 17.0 Å². The molecule has 0 aliphatic rings. The standard InChI is InChI=1S/C12H17NO2S/c1-3-15-8-12(14)13-11-7-5-4-6-10(11)9-16-2/h4-7H,3,8-9H2,1-2H3,(H,13,14). The largest absolute Gasteiger partial charge is 0.372 e. The van der Waals surface area contributed by atoms with Crippen molar-refractivity contribution in [2.75, 3.05) is 24.8 Å². The Hall–Kier alpha value is -1.00. The Labute approximate surface area is 101 Å². The molecule has 0 radical (unpaired) electrons. The number of ether oxygens (including phenoxy) is 1. The second kappa shape index (κ2) is 7.30. The minimum atomic E-state index is -0.101. The fourth-order valence-corrected chi connectivity index (χ4v) is 1.87. The van der Waals surface area contributed by atoms with Gasteiger partial charge in [0, 0.05) is 18.0 Å². The Kier molecular flexibility index (Phi) is 5.96. The number of amides is 1. The van der Waals surface area contributed by atoms with E-state index in [1.165, 1.54) is 0 Å². The number of anilines is 1. The summed E-state index contributed by atoms with van der Waals surface area (Å²) in [5.74, 6) is 0.792. The zero-order chi connectivity index (χ0) is 11.8. The van der Waals surface area contributed by atoms with Crippen LogP contribution < -0.4 is 5.32 Å². The number of benzene rings is 1. The molecule has 1 amide bonds. The lowest BCUT2D eigenvalue weighted by Crippen LogP contribution is -2.18. The highest BCUT2D eigenvalue weighted by Gasteiger charge is 2.05. The third-order valence-electron chi connectivity index (χ3n) is 2.03. The van der Waals surface area contributed by atoms with Crippen molar-refractivity contribution in [3.8, 4) is 0 Å². The maximum Gasteiger partial charge on any atom is 0.250 e. The molecule has 0 atom stereocenters. The maximum absolute atomic E-state index is 11.5. The Bertz CT molecular complexity index is 342. The van der Waals surface area contributed by atoms with Crippen molar-refractivity contribution >= 4 is 23.4 Å². The zero-order valence-electron chi connectivity index (χ0n) is 9.66. The third-order valence-corrected chi connectivity index (χ3v) is 2.63. The van der Waals surface area contributed by atoms with E-state index in [0.29, 0.717) is 6.61 Å². The van der Waals surface area contributed by atoms with Crippen LogP contribution in [0.1, 0.15) is 12.5 Å². The van der Waals surface area contributed by atoms with Crippen LogP contribution in [0, 0.1) is 0 Å². The van der Waals surface area contributed by atoms with E-state index >= 15 is 0 Å². The van der Waals surface area contributed by atoms with Gasteiger partial charge in [0.05, 0.1) is 0 Å². The monoisotopic (exact) mass is 239 g/mol. The highest BCUT2D eigenvalue weighted by molar-refractivity contribution is 7.97. The first-order valence-electron chi connectivity index (χ1n) is 5.22. The fraction of sp³-hybridized carbons (Fsp3) is 0.417. The molecular formula is C12H17NO2S. The molecule has 3 nitrogen and oxygen atoms in total. The highest BCUT2D eigenvalue weighted by atomic mass is 32.2. The summed E-state index contributed by atoms with van der Waals surface area (Å²) in [5, 5.41) is 2.85.